The maximum atomic E-state index is 11.9. The second-order valence-electron chi connectivity index (χ2n) is 6.10. The first-order valence-corrected chi connectivity index (χ1v) is 9.02. The molecule has 1 amide bonds. The summed E-state index contributed by atoms with van der Waals surface area (Å²) in [6.07, 6.45) is 4.78. The van der Waals surface area contributed by atoms with Crippen LogP contribution in [0.5, 0.6) is 5.75 Å². The van der Waals surface area contributed by atoms with Crippen molar-refractivity contribution < 1.29 is 14.3 Å². The number of amides is 1. The van der Waals surface area contributed by atoms with E-state index in [2.05, 4.69) is 24.4 Å². The summed E-state index contributed by atoms with van der Waals surface area (Å²) in [6, 6.07) is 13.6. The van der Waals surface area contributed by atoms with Gasteiger partial charge in [-0.2, -0.15) is 0 Å². The molecule has 136 valence electrons. The van der Waals surface area contributed by atoms with Crippen LogP contribution < -0.4 is 10.1 Å². The number of ether oxygens (including phenoxy) is 1. The van der Waals surface area contributed by atoms with Crippen LogP contribution >= 0.6 is 0 Å². The highest BCUT2D eigenvalue weighted by Gasteiger charge is 2.11. The predicted octanol–water partition coefficient (Wildman–Crippen LogP) is 4.11. The van der Waals surface area contributed by atoms with Crippen LogP contribution in [-0.2, 0) is 17.8 Å². The summed E-state index contributed by atoms with van der Waals surface area (Å²) in [6.45, 7) is 5.01. The van der Waals surface area contributed by atoms with E-state index in [4.69, 9.17) is 4.74 Å². The number of aryl methyl sites for hydroxylation is 1. The van der Waals surface area contributed by atoms with E-state index in [-0.39, 0.29) is 5.91 Å². The Kier molecular flexibility index (Phi) is 7.75. The van der Waals surface area contributed by atoms with Gasteiger partial charge in [-0.05, 0) is 24.0 Å². The predicted molar refractivity (Wildman–Crippen MR) is 103 cm³/mol. The molecule has 26 heavy (non-hydrogen) atoms. The van der Waals surface area contributed by atoms with Crippen molar-refractivity contribution >= 4 is 12.2 Å². The van der Waals surface area contributed by atoms with Crippen molar-refractivity contribution in [3.05, 3.63) is 71.1 Å². The first-order valence-electron chi connectivity index (χ1n) is 9.02. The summed E-state index contributed by atoms with van der Waals surface area (Å²) in [4.78, 5) is 22.8. The number of nitrogens with one attached hydrogen (secondary N) is 1. The molecule has 2 aromatic rings. The van der Waals surface area contributed by atoms with Crippen LogP contribution in [0.1, 0.15) is 53.7 Å². The van der Waals surface area contributed by atoms with Crippen molar-refractivity contribution in [2.75, 3.05) is 6.61 Å². The summed E-state index contributed by atoms with van der Waals surface area (Å²) < 4.78 is 5.67. The van der Waals surface area contributed by atoms with E-state index in [0.29, 0.717) is 37.3 Å². The van der Waals surface area contributed by atoms with Gasteiger partial charge in [0.2, 0.25) is 12.2 Å². The second kappa shape index (κ2) is 10.3. The summed E-state index contributed by atoms with van der Waals surface area (Å²) in [5.74, 6) is 0.729. The highest BCUT2D eigenvalue weighted by atomic mass is 16.5. The zero-order chi connectivity index (χ0) is 18.8. The second-order valence-corrected chi connectivity index (χ2v) is 6.10. The van der Waals surface area contributed by atoms with Crippen LogP contribution in [0.4, 0.5) is 0 Å². The molecule has 1 N–H and O–H groups in total. The topological polar surface area (TPSA) is 55.4 Å². The molecular weight excluding hydrogens is 326 g/mol. The van der Waals surface area contributed by atoms with Gasteiger partial charge in [-0.1, -0.05) is 31.2 Å². The number of benzene rings is 2. The minimum absolute atomic E-state index is 0.0204. The lowest BCUT2D eigenvalue weighted by Gasteiger charge is -2.07. The fraction of sp³-hybridized carbons (Fsp3) is 0.318. The molecule has 0 saturated carbocycles. The van der Waals surface area contributed by atoms with Crippen molar-refractivity contribution in [2.24, 2.45) is 0 Å². The van der Waals surface area contributed by atoms with Crippen LogP contribution in [-0.4, -0.2) is 18.8 Å². The molecule has 4 heteroatoms. The molecule has 0 saturated heterocycles. The van der Waals surface area contributed by atoms with Gasteiger partial charge >= 0.3 is 0 Å². The smallest absolute Gasteiger partial charge is 0.220 e. The highest BCUT2D eigenvalue weighted by Crippen LogP contribution is 2.18. The van der Waals surface area contributed by atoms with Gasteiger partial charge in [0.15, 0.2) is 5.75 Å². The third-order valence-electron chi connectivity index (χ3n) is 4.23. The zero-order valence-corrected chi connectivity index (χ0v) is 15.5. The monoisotopic (exact) mass is 352 g/mol. The van der Waals surface area contributed by atoms with Crippen LogP contribution in [0.15, 0.2) is 42.5 Å². The Bertz CT molecular complexity index is 723. The molecule has 2 aromatic carbocycles. The van der Waals surface area contributed by atoms with E-state index >= 15 is 0 Å². The molecule has 0 aliphatic carbocycles. The number of hydrogen-bond donors (Lipinski definition) is 1. The quantitative estimate of drug-likeness (QED) is 0.398. The average Bonchev–Trinajstić information content (AvgIpc) is 2.69. The van der Waals surface area contributed by atoms with Gasteiger partial charge in [0.05, 0.1) is 12.7 Å². The first kappa shape index (κ1) is 19.6. The summed E-state index contributed by atoms with van der Waals surface area (Å²) in [5, 5.41) is 2.93. The Morgan fingerprint density at radius 2 is 1.88 bits per heavy atom. The lowest BCUT2D eigenvalue weighted by Crippen LogP contribution is -2.22. The van der Waals surface area contributed by atoms with Crippen molar-refractivity contribution in [1.82, 2.24) is 5.32 Å². The van der Waals surface area contributed by atoms with E-state index in [1.54, 1.807) is 12.1 Å². The van der Waals surface area contributed by atoms with Crippen molar-refractivity contribution in [1.29, 1.82) is 0 Å². The van der Waals surface area contributed by atoms with E-state index in [1.165, 1.54) is 5.56 Å². The molecule has 0 radical (unpaired) electrons. The summed E-state index contributed by atoms with van der Waals surface area (Å²) >= 11 is 0. The summed E-state index contributed by atoms with van der Waals surface area (Å²) in [5.41, 5.74) is 3.89. The Labute approximate surface area is 155 Å². The Morgan fingerprint density at radius 3 is 2.54 bits per heavy atom. The molecule has 0 aliphatic rings. The van der Waals surface area contributed by atoms with Crippen molar-refractivity contribution in [3.63, 3.8) is 0 Å². The molecule has 0 heterocycles. The number of rotatable bonds is 10. The minimum atomic E-state index is 0.0204. The van der Waals surface area contributed by atoms with Gasteiger partial charge < -0.3 is 10.1 Å². The average molecular weight is 352 g/mol. The minimum Gasteiger partial charge on any atom is -0.482 e. The number of carbonyl (C=O) groups excluding carboxylic acids is 2. The lowest BCUT2D eigenvalue weighted by atomic mass is 10.1. The largest absolute Gasteiger partial charge is 0.482 e. The molecule has 4 nitrogen and oxygen atoms in total. The van der Waals surface area contributed by atoms with Gasteiger partial charge in [0.25, 0.3) is 0 Å². The Balaban J connectivity index is 1.68. The Morgan fingerprint density at radius 1 is 1.15 bits per heavy atom. The lowest BCUT2D eigenvalue weighted by molar-refractivity contribution is -0.121. The van der Waals surface area contributed by atoms with Gasteiger partial charge in [-0.25, -0.2) is 0 Å². The standard InChI is InChI=1S/C22H25NO3/c1-3-17-7-9-18(10-8-17)15-23-22(25)6-5-13-26-21-12-11-20(16-24)19(4-2)14-21/h4,7-12,14,16H,3,5-6,13,15H2,1-2H3/p+1. The maximum Gasteiger partial charge on any atom is 0.220 e. The number of hydrogen-bond acceptors (Lipinski definition) is 3. The number of carbonyl (C=O) groups is 2. The molecular formula is C22H26NO3+. The van der Waals surface area contributed by atoms with Crippen molar-refractivity contribution in [3.8, 4) is 5.75 Å². The van der Waals surface area contributed by atoms with E-state index in [1.807, 2.05) is 31.5 Å². The fourth-order valence-electron chi connectivity index (χ4n) is 2.60. The fourth-order valence-corrected chi connectivity index (χ4v) is 2.60. The zero-order valence-electron chi connectivity index (χ0n) is 15.5. The molecule has 0 aromatic heterocycles. The van der Waals surface area contributed by atoms with Gasteiger partial charge in [0.1, 0.15) is 11.1 Å². The molecule has 2 rings (SSSR count). The highest BCUT2D eigenvalue weighted by molar-refractivity contribution is 5.78. The van der Waals surface area contributed by atoms with Crippen molar-refractivity contribution in [2.45, 2.75) is 39.7 Å². The molecule has 0 atom stereocenters. The van der Waals surface area contributed by atoms with E-state index in [0.717, 1.165) is 23.8 Å². The van der Waals surface area contributed by atoms with E-state index in [9.17, 15) is 9.59 Å². The SMILES string of the molecule is C[CH+]c1cc(OCCCC(=O)NCc2ccc(CC)cc2)ccc1C=O. The third-order valence-corrected chi connectivity index (χ3v) is 4.23. The van der Waals surface area contributed by atoms with Gasteiger partial charge in [0, 0.05) is 38.4 Å². The third kappa shape index (κ3) is 5.96. The number of aldehydes is 1. The molecule has 0 unspecified atom stereocenters. The van der Waals surface area contributed by atoms with Crippen LogP contribution in [0.25, 0.3) is 0 Å². The molecule has 0 spiro atoms. The van der Waals surface area contributed by atoms with Crippen LogP contribution in [0, 0.1) is 6.42 Å². The van der Waals surface area contributed by atoms with E-state index < -0.39 is 0 Å². The van der Waals surface area contributed by atoms with Crippen LogP contribution in [0.2, 0.25) is 0 Å². The maximum absolute atomic E-state index is 11.9. The molecule has 0 bridgehead atoms. The normalized spacial score (nSPS) is 10.2. The Hall–Kier alpha value is -2.75. The van der Waals surface area contributed by atoms with Gasteiger partial charge in [-0.3, -0.25) is 9.59 Å². The first-order chi connectivity index (χ1) is 12.7. The summed E-state index contributed by atoms with van der Waals surface area (Å²) in [7, 11) is 0. The van der Waals surface area contributed by atoms with Gasteiger partial charge in [-0.15, -0.1) is 0 Å². The van der Waals surface area contributed by atoms with Crippen LogP contribution in [0.3, 0.4) is 0 Å². The molecule has 0 aliphatic heterocycles. The molecule has 0 fully saturated rings.